The smallest absolute Gasteiger partial charge is 0.259 e. The molecule has 3 rings (SSSR count). The van der Waals surface area contributed by atoms with Crippen LogP contribution in [-0.2, 0) is 5.75 Å². The third-order valence-corrected chi connectivity index (χ3v) is 4.76. The van der Waals surface area contributed by atoms with E-state index in [0.717, 1.165) is 5.56 Å². The van der Waals surface area contributed by atoms with Gasteiger partial charge in [-0.1, -0.05) is 30.3 Å². The Morgan fingerprint density at radius 3 is 2.56 bits per heavy atom. The highest BCUT2D eigenvalue weighted by molar-refractivity contribution is 7.98. The van der Waals surface area contributed by atoms with Crippen molar-refractivity contribution in [2.45, 2.75) is 10.8 Å². The van der Waals surface area contributed by atoms with Crippen LogP contribution >= 0.6 is 11.8 Å². The Kier molecular flexibility index (Phi) is 5.69. The molecule has 0 fully saturated rings. The normalized spacial score (nSPS) is 10.2. The van der Waals surface area contributed by atoms with E-state index in [1.54, 1.807) is 36.4 Å². The van der Waals surface area contributed by atoms with E-state index >= 15 is 0 Å². The fraction of sp³-hybridized carbons (Fsp3) is 0.0500. The highest BCUT2D eigenvalue weighted by Crippen LogP contribution is 2.27. The summed E-state index contributed by atoms with van der Waals surface area (Å²) in [6, 6.07) is 18.5. The molecule has 0 unspecified atom stereocenters. The molecule has 7 heteroatoms. The number of hydrogen-bond acceptors (Lipinski definition) is 5. The van der Waals surface area contributed by atoms with Crippen molar-refractivity contribution in [3.05, 3.63) is 83.2 Å². The number of carbonyl (C=O) groups excluding carboxylic acids is 1. The molecule has 2 aromatic carbocycles. The molecule has 0 radical (unpaired) electrons. The van der Waals surface area contributed by atoms with Crippen LogP contribution in [0.1, 0.15) is 21.5 Å². The van der Waals surface area contributed by atoms with Crippen LogP contribution in [0.4, 0.5) is 15.9 Å². The van der Waals surface area contributed by atoms with Gasteiger partial charge in [0.1, 0.15) is 22.7 Å². The molecule has 3 aromatic rings. The fourth-order valence-corrected chi connectivity index (χ4v) is 3.25. The summed E-state index contributed by atoms with van der Waals surface area (Å²) in [4.78, 5) is 16.7. The molecule has 1 heterocycles. The van der Waals surface area contributed by atoms with Gasteiger partial charge < -0.3 is 11.1 Å². The number of nitrogens with zero attached hydrogens (tertiary/aromatic N) is 2. The zero-order valence-corrected chi connectivity index (χ0v) is 15.0. The molecule has 1 amide bonds. The van der Waals surface area contributed by atoms with Crippen LogP contribution in [0.15, 0.2) is 65.7 Å². The average Bonchev–Trinajstić information content (AvgIpc) is 2.68. The number of rotatable bonds is 5. The van der Waals surface area contributed by atoms with Gasteiger partial charge in [-0.05, 0) is 35.9 Å². The molecular weight excluding hydrogens is 363 g/mol. The number of aromatic nitrogens is 1. The van der Waals surface area contributed by atoms with Crippen LogP contribution in [0.25, 0.3) is 0 Å². The third-order valence-electron chi connectivity index (χ3n) is 3.70. The highest BCUT2D eigenvalue weighted by Gasteiger charge is 2.16. The van der Waals surface area contributed by atoms with Gasteiger partial charge in [0.2, 0.25) is 0 Å². The first-order valence-electron chi connectivity index (χ1n) is 8.01. The van der Waals surface area contributed by atoms with Gasteiger partial charge in [0.15, 0.2) is 0 Å². The van der Waals surface area contributed by atoms with Crippen molar-refractivity contribution >= 4 is 29.2 Å². The number of amides is 1. The van der Waals surface area contributed by atoms with Gasteiger partial charge in [0, 0.05) is 11.4 Å². The molecule has 0 bridgehead atoms. The number of nitrogen functional groups attached to an aromatic ring is 1. The summed E-state index contributed by atoms with van der Waals surface area (Å²) >= 11 is 1.30. The van der Waals surface area contributed by atoms with E-state index in [1.165, 1.54) is 30.0 Å². The van der Waals surface area contributed by atoms with Gasteiger partial charge in [-0.3, -0.25) is 4.79 Å². The first-order valence-corrected chi connectivity index (χ1v) is 8.99. The van der Waals surface area contributed by atoms with E-state index in [0.29, 0.717) is 16.5 Å². The van der Waals surface area contributed by atoms with Crippen molar-refractivity contribution in [3.63, 3.8) is 0 Å². The molecule has 5 nitrogen and oxygen atoms in total. The number of carbonyl (C=O) groups is 1. The Labute approximate surface area is 160 Å². The van der Waals surface area contributed by atoms with Gasteiger partial charge >= 0.3 is 0 Å². The number of benzene rings is 2. The maximum atomic E-state index is 13.0. The van der Waals surface area contributed by atoms with E-state index in [2.05, 4.69) is 10.3 Å². The minimum absolute atomic E-state index is 0.0454. The third kappa shape index (κ3) is 4.63. The molecule has 0 aliphatic carbocycles. The summed E-state index contributed by atoms with van der Waals surface area (Å²) < 4.78 is 13.0. The quantitative estimate of drug-likeness (QED) is 0.649. The molecule has 3 N–H and O–H groups in total. The molecule has 0 aliphatic heterocycles. The van der Waals surface area contributed by atoms with Crippen LogP contribution in [0, 0.1) is 17.1 Å². The van der Waals surface area contributed by atoms with Crippen molar-refractivity contribution < 1.29 is 9.18 Å². The van der Waals surface area contributed by atoms with Gasteiger partial charge in [0.05, 0.1) is 11.1 Å². The Morgan fingerprint density at radius 1 is 1.19 bits per heavy atom. The topological polar surface area (TPSA) is 91.8 Å². The number of para-hydroxylation sites is 1. The summed E-state index contributed by atoms with van der Waals surface area (Å²) in [6.45, 7) is 0. The fourth-order valence-electron chi connectivity index (χ4n) is 2.33. The first-order chi connectivity index (χ1) is 13.1. The second kappa shape index (κ2) is 8.34. The molecule has 0 saturated heterocycles. The molecule has 0 saturated carbocycles. The number of halogens is 1. The number of thioether (sulfide) groups is 1. The molecule has 1 aromatic heterocycles. The second-order valence-electron chi connectivity index (χ2n) is 5.62. The van der Waals surface area contributed by atoms with Crippen molar-refractivity contribution in [2.24, 2.45) is 0 Å². The van der Waals surface area contributed by atoms with Gasteiger partial charge in [-0.15, -0.1) is 11.8 Å². The van der Waals surface area contributed by atoms with Crippen LogP contribution in [0.2, 0.25) is 0 Å². The number of nitriles is 1. The number of nitrogens with one attached hydrogen (secondary N) is 1. The highest BCUT2D eigenvalue weighted by atomic mass is 32.2. The zero-order valence-electron chi connectivity index (χ0n) is 14.1. The Hall–Kier alpha value is -3.37. The molecular formula is C20H15FN4OS. The molecule has 0 spiro atoms. The Morgan fingerprint density at radius 2 is 1.89 bits per heavy atom. The standard InChI is InChI=1S/C20H15FN4OS/c21-15-8-6-13(7-9-15)12-27-20-14(11-22)10-17(18(23)25-20)19(26)24-16-4-2-1-3-5-16/h1-10H,12H2,(H2,23,25)(H,24,26). The van der Waals surface area contributed by atoms with Gasteiger partial charge in [-0.2, -0.15) is 5.26 Å². The zero-order chi connectivity index (χ0) is 19.2. The minimum Gasteiger partial charge on any atom is -0.383 e. The number of nitrogens with two attached hydrogens (primary N) is 1. The summed E-state index contributed by atoms with van der Waals surface area (Å²) in [6.07, 6.45) is 0. The monoisotopic (exact) mass is 378 g/mol. The number of hydrogen-bond donors (Lipinski definition) is 2. The van der Waals surface area contributed by atoms with Crippen molar-refractivity contribution in [1.29, 1.82) is 5.26 Å². The molecule has 0 atom stereocenters. The Balaban J connectivity index is 1.79. The van der Waals surface area contributed by atoms with Crippen LogP contribution in [0.5, 0.6) is 0 Å². The predicted octanol–water partition coefficient (Wildman–Crippen LogP) is 4.22. The summed E-state index contributed by atoms with van der Waals surface area (Å²) in [5.41, 5.74) is 7.85. The lowest BCUT2D eigenvalue weighted by Crippen LogP contribution is -2.15. The van der Waals surface area contributed by atoms with E-state index < -0.39 is 5.91 Å². The van der Waals surface area contributed by atoms with Crippen molar-refractivity contribution in [2.75, 3.05) is 11.1 Å². The maximum Gasteiger partial charge on any atom is 0.259 e. The average molecular weight is 378 g/mol. The predicted molar refractivity (Wildman–Crippen MR) is 104 cm³/mol. The van der Waals surface area contributed by atoms with E-state index in [9.17, 15) is 14.4 Å². The van der Waals surface area contributed by atoms with Crippen LogP contribution < -0.4 is 11.1 Å². The van der Waals surface area contributed by atoms with Gasteiger partial charge in [-0.25, -0.2) is 9.37 Å². The van der Waals surface area contributed by atoms with E-state index in [1.807, 2.05) is 12.1 Å². The SMILES string of the molecule is N#Cc1cc(C(=O)Nc2ccccc2)c(N)nc1SCc1ccc(F)cc1. The molecule has 0 aliphatic rings. The first kappa shape index (κ1) is 18.4. The summed E-state index contributed by atoms with van der Waals surface area (Å²) in [5, 5.41) is 12.6. The van der Waals surface area contributed by atoms with Crippen LogP contribution in [-0.4, -0.2) is 10.9 Å². The van der Waals surface area contributed by atoms with E-state index in [-0.39, 0.29) is 22.8 Å². The summed E-state index contributed by atoms with van der Waals surface area (Å²) in [7, 11) is 0. The Bertz CT molecular complexity index is 1000. The minimum atomic E-state index is -0.433. The second-order valence-corrected chi connectivity index (χ2v) is 6.59. The largest absolute Gasteiger partial charge is 0.383 e. The lowest BCUT2D eigenvalue weighted by molar-refractivity contribution is 0.102. The lowest BCUT2D eigenvalue weighted by atomic mass is 10.2. The molecule has 134 valence electrons. The van der Waals surface area contributed by atoms with E-state index in [4.69, 9.17) is 5.73 Å². The maximum absolute atomic E-state index is 13.0. The lowest BCUT2D eigenvalue weighted by Gasteiger charge is -2.10. The summed E-state index contributed by atoms with van der Waals surface area (Å²) in [5.74, 6) is -0.198. The number of pyridine rings is 1. The van der Waals surface area contributed by atoms with Crippen molar-refractivity contribution in [3.8, 4) is 6.07 Å². The number of anilines is 2. The van der Waals surface area contributed by atoms with Crippen LogP contribution in [0.3, 0.4) is 0 Å². The van der Waals surface area contributed by atoms with Crippen molar-refractivity contribution in [1.82, 2.24) is 4.98 Å². The molecule has 27 heavy (non-hydrogen) atoms. The van der Waals surface area contributed by atoms with Gasteiger partial charge in [0.25, 0.3) is 5.91 Å².